The first-order valence-corrected chi connectivity index (χ1v) is 9.76. The fourth-order valence-corrected chi connectivity index (χ4v) is 4.22. The van der Waals surface area contributed by atoms with E-state index >= 15 is 0 Å². The predicted octanol–water partition coefficient (Wildman–Crippen LogP) is 4.41. The van der Waals surface area contributed by atoms with E-state index < -0.39 is 0 Å². The number of hydrogen-bond donors (Lipinski definition) is 1. The molecule has 0 fully saturated rings. The fourth-order valence-electron chi connectivity index (χ4n) is 3.13. The Morgan fingerprint density at radius 3 is 2.48 bits per heavy atom. The molecule has 0 radical (unpaired) electrons. The van der Waals surface area contributed by atoms with Crippen molar-refractivity contribution in [2.75, 3.05) is 27.2 Å². The number of amides is 1. The minimum absolute atomic E-state index is 0.0517. The largest absolute Gasteiger partial charge is 0.351 e. The van der Waals surface area contributed by atoms with Crippen LogP contribution in [0.4, 0.5) is 0 Å². The molecule has 1 N–H and O–H groups in total. The molecule has 0 aliphatic heterocycles. The lowest BCUT2D eigenvalue weighted by Gasteiger charge is -2.12. The molecule has 0 aliphatic carbocycles. The van der Waals surface area contributed by atoms with Gasteiger partial charge in [-0.05, 0) is 25.5 Å². The molecule has 5 heteroatoms. The SMILES string of the molecule is CN(C)CCNC(=O)c1cc2nc(-c3ccccc3)sc2c2ccccc12. The van der Waals surface area contributed by atoms with Gasteiger partial charge in [-0.25, -0.2) is 4.98 Å². The van der Waals surface area contributed by atoms with Gasteiger partial charge in [0.05, 0.1) is 10.2 Å². The van der Waals surface area contributed by atoms with Crippen LogP contribution in [0.1, 0.15) is 10.4 Å². The number of likely N-dealkylation sites (N-methyl/N-ethyl adjacent to an activating group) is 1. The van der Waals surface area contributed by atoms with E-state index in [1.807, 2.05) is 61.5 Å². The molecule has 0 aliphatic rings. The number of nitrogens with zero attached hydrogens (tertiary/aromatic N) is 2. The van der Waals surface area contributed by atoms with Crippen molar-refractivity contribution in [1.82, 2.24) is 15.2 Å². The summed E-state index contributed by atoms with van der Waals surface area (Å²) in [4.78, 5) is 19.7. The standard InChI is InChI=1S/C22H21N3OS/c1-25(2)13-12-23-21(26)18-14-19-20(17-11-7-6-10-16(17)18)27-22(24-19)15-8-4-3-5-9-15/h3-11,14H,12-13H2,1-2H3,(H,23,26). The van der Waals surface area contributed by atoms with E-state index in [0.717, 1.165) is 38.1 Å². The third-order valence-electron chi connectivity index (χ3n) is 4.51. The Balaban J connectivity index is 1.81. The topological polar surface area (TPSA) is 45.2 Å². The third-order valence-corrected chi connectivity index (χ3v) is 5.66. The summed E-state index contributed by atoms with van der Waals surface area (Å²) in [6, 6.07) is 20.2. The van der Waals surface area contributed by atoms with Gasteiger partial charge in [0.25, 0.3) is 5.91 Å². The molecule has 0 saturated carbocycles. The van der Waals surface area contributed by atoms with Gasteiger partial charge in [-0.3, -0.25) is 4.79 Å². The van der Waals surface area contributed by atoms with Crippen molar-refractivity contribution >= 4 is 38.2 Å². The second-order valence-electron chi connectivity index (χ2n) is 6.76. The highest BCUT2D eigenvalue weighted by Crippen LogP contribution is 2.36. The molecule has 4 rings (SSSR count). The molecular weight excluding hydrogens is 354 g/mol. The first-order chi connectivity index (χ1) is 13.1. The summed E-state index contributed by atoms with van der Waals surface area (Å²) >= 11 is 1.67. The van der Waals surface area contributed by atoms with Gasteiger partial charge in [0.2, 0.25) is 0 Å². The number of rotatable bonds is 5. The zero-order valence-electron chi connectivity index (χ0n) is 15.4. The predicted molar refractivity (Wildman–Crippen MR) is 113 cm³/mol. The summed E-state index contributed by atoms with van der Waals surface area (Å²) in [5.74, 6) is -0.0517. The van der Waals surface area contributed by atoms with Gasteiger partial charge in [0.1, 0.15) is 5.01 Å². The van der Waals surface area contributed by atoms with Crippen LogP contribution in [0.2, 0.25) is 0 Å². The average molecular weight is 375 g/mol. The molecule has 136 valence electrons. The van der Waals surface area contributed by atoms with E-state index in [0.29, 0.717) is 12.1 Å². The molecule has 3 aromatic carbocycles. The summed E-state index contributed by atoms with van der Waals surface area (Å²) in [5, 5.41) is 6.04. The smallest absolute Gasteiger partial charge is 0.252 e. The van der Waals surface area contributed by atoms with Crippen LogP contribution < -0.4 is 5.32 Å². The maximum atomic E-state index is 12.8. The molecule has 27 heavy (non-hydrogen) atoms. The minimum Gasteiger partial charge on any atom is -0.351 e. The normalized spacial score (nSPS) is 11.4. The van der Waals surface area contributed by atoms with Crippen molar-refractivity contribution in [2.24, 2.45) is 0 Å². The van der Waals surface area contributed by atoms with E-state index in [-0.39, 0.29) is 5.91 Å². The summed E-state index contributed by atoms with van der Waals surface area (Å²) in [5.41, 5.74) is 2.65. The average Bonchev–Trinajstić information content (AvgIpc) is 3.12. The number of nitrogens with one attached hydrogen (secondary N) is 1. The molecule has 0 spiro atoms. The number of fused-ring (bicyclic) bond motifs is 3. The lowest BCUT2D eigenvalue weighted by atomic mass is 10.0. The Bertz CT molecular complexity index is 1100. The Morgan fingerprint density at radius 2 is 1.74 bits per heavy atom. The van der Waals surface area contributed by atoms with Crippen LogP contribution in [-0.4, -0.2) is 43.0 Å². The second-order valence-corrected chi connectivity index (χ2v) is 7.76. The van der Waals surface area contributed by atoms with E-state index in [9.17, 15) is 4.79 Å². The van der Waals surface area contributed by atoms with Gasteiger partial charge in [-0.2, -0.15) is 0 Å². The van der Waals surface area contributed by atoms with Crippen LogP contribution in [-0.2, 0) is 0 Å². The molecule has 4 aromatic rings. The fraction of sp³-hybridized carbons (Fsp3) is 0.182. The molecule has 0 atom stereocenters. The van der Waals surface area contributed by atoms with Gasteiger partial charge in [0.15, 0.2) is 0 Å². The number of carbonyl (C=O) groups excluding carboxylic acids is 1. The minimum atomic E-state index is -0.0517. The van der Waals surface area contributed by atoms with Crippen LogP contribution in [0, 0.1) is 0 Å². The van der Waals surface area contributed by atoms with Crippen LogP contribution in [0.5, 0.6) is 0 Å². The van der Waals surface area contributed by atoms with Crippen LogP contribution in [0.15, 0.2) is 60.7 Å². The molecule has 1 aromatic heterocycles. The van der Waals surface area contributed by atoms with Crippen LogP contribution >= 0.6 is 11.3 Å². The molecular formula is C22H21N3OS. The maximum absolute atomic E-state index is 12.8. The highest BCUT2D eigenvalue weighted by molar-refractivity contribution is 7.22. The van der Waals surface area contributed by atoms with Crippen molar-refractivity contribution in [3.8, 4) is 10.6 Å². The summed E-state index contributed by atoms with van der Waals surface area (Å²) in [7, 11) is 3.99. The monoisotopic (exact) mass is 375 g/mol. The summed E-state index contributed by atoms with van der Waals surface area (Å²) < 4.78 is 1.12. The molecule has 0 unspecified atom stereocenters. The van der Waals surface area contributed by atoms with Gasteiger partial charge >= 0.3 is 0 Å². The highest BCUT2D eigenvalue weighted by atomic mass is 32.1. The number of benzene rings is 3. The zero-order valence-corrected chi connectivity index (χ0v) is 16.2. The molecule has 1 heterocycles. The first kappa shape index (κ1) is 17.6. The van der Waals surface area contributed by atoms with Gasteiger partial charge < -0.3 is 10.2 Å². The van der Waals surface area contributed by atoms with E-state index in [2.05, 4.69) is 23.5 Å². The maximum Gasteiger partial charge on any atom is 0.252 e. The van der Waals surface area contributed by atoms with E-state index in [1.165, 1.54) is 0 Å². The number of thiazole rings is 1. The molecule has 1 amide bonds. The van der Waals surface area contributed by atoms with Crippen molar-refractivity contribution in [1.29, 1.82) is 0 Å². The Hall–Kier alpha value is -2.76. The Kier molecular flexibility index (Phi) is 4.88. The quantitative estimate of drug-likeness (QED) is 0.562. The van der Waals surface area contributed by atoms with Crippen LogP contribution in [0.3, 0.4) is 0 Å². The van der Waals surface area contributed by atoms with Crippen molar-refractivity contribution in [3.63, 3.8) is 0 Å². The zero-order chi connectivity index (χ0) is 18.8. The van der Waals surface area contributed by atoms with Gasteiger partial charge in [0, 0.05) is 29.6 Å². The van der Waals surface area contributed by atoms with Gasteiger partial charge in [-0.15, -0.1) is 11.3 Å². The van der Waals surface area contributed by atoms with Crippen molar-refractivity contribution in [3.05, 3.63) is 66.2 Å². The molecule has 0 saturated heterocycles. The second kappa shape index (κ2) is 7.47. The van der Waals surface area contributed by atoms with Gasteiger partial charge in [-0.1, -0.05) is 54.6 Å². The van der Waals surface area contributed by atoms with Crippen molar-refractivity contribution in [2.45, 2.75) is 0 Å². The lowest BCUT2D eigenvalue weighted by Crippen LogP contribution is -2.31. The van der Waals surface area contributed by atoms with E-state index in [4.69, 9.17) is 4.98 Å². The Labute approximate surface area is 162 Å². The molecule has 0 bridgehead atoms. The lowest BCUT2D eigenvalue weighted by molar-refractivity contribution is 0.0953. The highest BCUT2D eigenvalue weighted by Gasteiger charge is 2.16. The Morgan fingerprint density at radius 1 is 1.04 bits per heavy atom. The number of carbonyl (C=O) groups is 1. The van der Waals surface area contributed by atoms with Crippen LogP contribution in [0.25, 0.3) is 31.6 Å². The summed E-state index contributed by atoms with van der Waals surface area (Å²) in [6.07, 6.45) is 0. The summed E-state index contributed by atoms with van der Waals surface area (Å²) in [6.45, 7) is 1.42. The number of hydrogen-bond acceptors (Lipinski definition) is 4. The van der Waals surface area contributed by atoms with Crippen molar-refractivity contribution < 1.29 is 4.79 Å². The van der Waals surface area contributed by atoms with E-state index in [1.54, 1.807) is 11.3 Å². The number of aromatic nitrogens is 1. The molecule has 4 nitrogen and oxygen atoms in total. The third kappa shape index (κ3) is 3.56. The first-order valence-electron chi connectivity index (χ1n) is 8.94.